The second-order valence-corrected chi connectivity index (χ2v) is 2.71. The molecule has 3 nitrogen and oxygen atoms in total. The van der Waals surface area contributed by atoms with Gasteiger partial charge in [-0.05, 0) is 6.42 Å². The maximum Gasteiger partial charge on any atom is 0.411 e. The highest BCUT2D eigenvalue weighted by atomic mass is 19.4. The molecule has 0 fully saturated rings. The Bertz CT molecular complexity index is 188. The number of rotatable bonds is 6. The topological polar surface area (TPSA) is 45.0 Å². The number of ether oxygens (including phenoxy) is 1. The summed E-state index contributed by atoms with van der Waals surface area (Å²) in [5, 5.41) is 11.2. The number of alkyl halides is 3. The molecule has 0 heterocycles. The van der Waals surface area contributed by atoms with E-state index in [4.69, 9.17) is 5.26 Å². The Hall–Kier alpha value is -0.800. The molecule has 82 valence electrons. The second kappa shape index (κ2) is 6.62. The third-order valence-electron chi connectivity index (χ3n) is 1.47. The van der Waals surface area contributed by atoms with Crippen LogP contribution in [0.3, 0.4) is 0 Å². The number of nitrogens with zero attached hydrogens (tertiary/aromatic N) is 1. The van der Waals surface area contributed by atoms with E-state index in [1.54, 1.807) is 0 Å². The van der Waals surface area contributed by atoms with Gasteiger partial charge < -0.3 is 4.74 Å². The first-order chi connectivity index (χ1) is 6.49. The Morgan fingerprint density at radius 1 is 1.50 bits per heavy atom. The molecule has 0 rings (SSSR count). The Kier molecular flexibility index (Phi) is 6.25. The first kappa shape index (κ1) is 13.2. The second-order valence-electron chi connectivity index (χ2n) is 2.71. The van der Waals surface area contributed by atoms with Crippen LogP contribution in [-0.2, 0) is 4.74 Å². The summed E-state index contributed by atoms with van der Waals surface area (Å²) in [5.41, 5.74) is 0. The minimum absolute atomic E-state index is 0.0440. The lowest BCUT2D eigenvalue weighted by molar-refractivity contribution is -0.173. The van der Waals surface area contributed by atoms with Crippen LogP contribution in [0.25, 0.3) is 0 Å². The monoisotopic (exact) mass is 210 g/mol. The van der Waals surface area contributed by atoms with E-state index in [0.717, 1.165) is 0 Å². The molecular weight excluding hydrogens is 197 g/mol. The predicted molar refractivity (Wildman–Crippen MR) is 44.6 cm³/mol. The smallest absolute Gasteiger partial charge is 0.371 e. The Labute approximate surface area is 80.8 Å². The van der Waals surface area contributed by atoms with Gasteiger partial charge >= 0.3 is 6.18 Å². The van der Waals surface area contributed by atoms with Crippen molar-refractivity contribution in [2.75, 3.05) is 19.8 Å². The fourth-order valence-corrected chi connectivity index (χ4v) is 0.774. The summed E-state index contributed by atoms with van der Waals surface area (Å²) < 4.78 is 39.1. The van der Waals surface area contributed by atoms with Crippen molar-refractivity contribution in [1.82, 2.24) is 5.32 Å². The maximum atomic E-state index is 11.6. The summed E-state index contributed by atoms with van der Waals surface area (Å²) in [7, 11) is 0. The molecule has 0 aliphatic rings. The standard InChI is InChI=1S/C8H13F3N2O/c1-2-7(5-12)13-3-4-14-6-8(9,10)11/h7,13H,2-4,6H2,1H3. The van der Waals surface area contributed by atoms with E-state index in [1.165, 1.54) is 0 Å². The highest BCUT2D eigenvalue weighted by Crippen LogP contribution is 2.13. The summed E-state index contributed by atoms with van der Waals surface area (Å²) >= 11 is 0. The summed E-state index contributed by atoms with van der Waals surface area (Å²) in [4.78, 5) is 0. The average Bonchev–Trinajstić information content (AvgIpc) is 2.09. The lowest BCUT2D eigenvalue weighted by Gasteiger charge is -2.10. The largest absolute Gasteiger partial charge is 0.411 e. The number of nitrogens with one attached hydrogen (secondary N) is 1. The van der Waals surface area contributed by atoms with Gasteiger partial charge in [0.25, 0.3) is 0 Å². The first-order valence-electron chi connectivity index (χ1n) is 4.27. The maximum absolute atomic E-state index is 11.6. The number of nitriles is 1. The molecule has 1 unspecified atom stereocenters. The zero-order valence-electron chi connectivity index (χ0n) is 7.90. The Morgan fingerprint density at radius 2 is 2.14 bits per heavy atom. The highest BCUT2D eigenvalue weighted by Gasteiger charge is 2.27. The average molecular weight is 210 g/mol. The fourth-order valence-electron chi connectivity index (χ4n) is 0.774. The Balaban J connectivity index is 3.35. The molecule has 0 radical (unpaired) electrons. The zero-order valence-corrected chi connectivity index (χ0v) is 7.90. The van der Waals surface area contributed by atoms with Gasteiger partial charge in [0.2, 0.25) is 0 Å². The van der Waals surface area contributed by atoms with Gasteiger partial charge in [0.05, 0.1) is 18.7 Å². The molecule has 0 aromatic rings. The van der Waals surface area contributed by atoms with Crippen LogP contribution in [0, 0.1) is 11.3 Å². The van der Waals surface area contributed by atoms with Crippen molar-refractivity contribution in [3.63, 3.8) is 0 Å². The van der Waals surface area contributed by atoms with Crippen molar-refractivity contribution >= 4 is 0 Å². The van der Waals surface area contributed by atoms with Crippen LogP contribution in [-0.4, -0.2) is 32.0 Å². The third-order valence-corrected chi connectivity index (χ3v) is 1.47. The van der Waals surface area contributed by atoms with E-state index in [-0.39, 0.29) is 19.2 Å². The van der Waals surface area contributed by atoms with E-state index in [9.17, 15) is 13.2 Å². The molecule has 0 aromatic carbocycles. The Morgan fingerprint density at radius 3 is 2.57 bits per heavy atom. The first-order valence-corrected chi connectivity index (χ1v) is 4.27. The van der Waals surface area contributed by atoms with Crippen LogP contribution in [0.15, 0.2) is 0 Å². The number of halogens is 3. The molecule has 0 aliphatic carbocycles. The summed E-state index contributed by atoms with van der Waals surface area (Å²) in [6.45, 7) is 0.787. The molecule has 0 saturated carbocycles. The van der Waals surface area contributed by atoms with Crippen LogP contribution in [0.4, 0.5) is 13.2 Å². The minimum atomic E-state index is -4.28. The van der Waals surface area contributed by atoms with E-state index in [0.29, 0.717) is 6.42 Å². The van der Waals surface area contributed by atoms with Crippen molar-refractivity contribution in [2.24, 2.45) is 0 Å². The minimum Gasteiger partial charge on any atom is -0.371 e. The quantitative estimate of drug-likeness (QED) is 0.675. The third kappa shape index (κ3) is 7.83. The van der Waals surface area contributed by atoms with E-state index >= 15 is 0 Å². The van der Waals surface area contributed by atoms with Gasteiger partial charge in [0.1, 0.15) is 6.61 Å². The van der Waals surface area contributed by atoms with Crippen molar-refractivity contribution in [3.8, 4) is 6.07 Å². The van der Waals surface area contributed by atoms with Crippen LogP contribution >= 0.6 is 0 Å². The SMILES string of the molecule is CCC(C#N)NCCOCC(F)(F)F. The summed E-state index contributed by atoms with van der Waals surface area (Å²) in [6, 6.07) is 1.65. The van der Waals surface area contributed by atoms with Crippen LogP contribution in [0.1, 0.15) is 13.3 Å². The van der Waals surface area contributed by atoms with Gasteiger partial charge in [-0.3, -0.25) is 5.32 Å². The van der Waals surface area contributed by atoms with Gasteiger partial charge in [-0.25, -0.2) is 0 Å². The molecule has 1 N–H and O–H groups in total. The molecule has 0 amide bonds. The van der Waals surface area contributed by atoms with Crippen molar-refractivity contribution in [3.05, 3.63) is 0 Å². The molecule has 6 heteroatoms. The van der Waals surface area contributed by atoms with Gasteiger partial charge in [-0.15, -0.1) is 0 Å². The number of hydrogen-bond donors (Lipinski definition) is 1. The fraction of sp³-hybridized carbons (Fsp3) is 0.875. The van der Waals surface area contributed by atoms with Crippen LogP contribution < -0.4 is 5.32 Å². The van der Waals surface area contributed by atoms with Crippen molar-refractivity contribution in [2.45, 2.75) is 25.6 Å². The molecule has 0 bridgehead atoms. The van der Waals surface area contributed by atoms with Gasteiger partial charge in [0, 0.05) is 6.54 Å². The van der Waals surface area contributed by atoms with Crippen LogP contribution in [0.5, 0.6) is 0 Å². The van der Waals surface area contributed by atoms with Crippen molar-refractivity contribution < 1.29 is 17.9 Å². The molecular formula is C8H13F3N2O. The zero-order chi connectivity index (χ0) is 11.0. The molecule has 0 aromatic heterocycles. The molecule has 1 atom stereocenters. The molecule has 0 aliphatic heterocycles. The van der Waals surface area contributed by atoms with Crippen LogP contribution in [0.2, 0.25) is 0 Å². The van der Waals surface area contributed by atoms with Gasteiger partial charge in [0.15, 0.2) is 0 Å². The molecule has 0 saturated heterocycles. The summed E-state index contributed by atoms with van der Waals surface area (Å²) in [6.07, 6.45) is -3.66. The van der Waals surface area contributed by atoms with Gasteiger partial charge in [-0.2, -0.15) is 18.4 Å². The highest BCUT2D eigenvalue weighted by molar-refractivity contribution is 4.87. The number of hydrogen-bond acceptors (Lipinski definition) is 3. The van der Waals surface area contributed by atoms with Gasteiger partial charge in [-0.1, -0.05) is 6.92 Å². The van der Waals surface area contributed by atoms with E-state index < -0.39 is 12.8 Å². The van der Waals surface area contributed by atoms with E-state index in [2.05, 4.69) is 10.1 Å². The lowest BCUT2D eigenvalue weighted by atomic mass is 10.2. The normalized spacial score (nSPS) is 13.6. The lowest BCUT2D eigenvalue weighted by Crippen LogP contribution is -2.31. The summed E-state index contributed by atoms with van der Waals surface area (Å²) in [5.74, 6) is 0. The van der Waals surface area contributed by atoms with E-state index in [1.807, 2.05) is 13.0 Å². The van der Waals surface area contributed by atoms with Crippen molar-refractivity contribution in [1.29, 1.82) is 5.26 Å². The molecule has 14 heavy (non-hydrogen) atoms. The molecule has 0 spiro atoms. The predicted octanol–water partition coefficient (Wildman–Crippen LogP) is 1.46.